The van der Waals surface area contributed by atoms with Crippen LogP contribution in [0.4, 0.5) is 0 Å². The van der Waals surface area contributed by atoms with Gasteiger partial charge in [-0.2, -0.15) is 5.10 Å². The minimum absolute atomic E-state index is 0.178. The first kappa shape index (κ1) is 12.8. The van der Waals surface area contributed by atoms with Crippen molar-refractivity contribution in [1.82, 2.24) is 10.4 Å². The van der Waals surface area contributed by atoms with E-state index in [1.807, 2.05) is 6.07 Å². The van der Waals surface area contributed by atoms with Gasteiger partial charge in [-0.3, -0.25) is 9.78 Å². The summed E-state index contributed by atoms with van der Waals surface area (Å²) < 4.78 is 0. The lowest BCUT2D eigenvalue weighted by Crippen LogP contribution is -2.19. The van der Waals surface area contributed by atoms with Gasteiger partial charge < -0.3 is 5.11 Å². The molecular weight excluding hydrogens is 242 g/mol. The quantitative estimate of drug-likeness (QED) is 0.642. The average molecular weight is 255 g/mol. The lowest BCUT2D eigenvalue weighted by atomic mass is 10.1. The Bertz CT molecular complexity index is 565. The molecule has 2 aromatic rings. The number of nitrogens with one attached hydrogen (secondary N) is 1. The molecule has 2 N–H and O–H groups in total. The van der Waals surface area contributed by atoms with Crippen molar-refractivity contribution in [2.75, 3.05) is 0 Å². The van der Waals surface area contributed by atoms with Crippen LogP contribution in [0.3, 0.4) is 0 Å². The zero-order chi connectivity index (χ0) is 13.5. The first-order valence-corrected chi connectivity index (χ1v) is 5.75. The molecule has 0 fully saturated rings. The molecule has 1 heterocycles. The summed E-state index contributed by atoms with van der Waals surface area (Å²) in [7, 11) is 0. The van der Waals surface area contributed by atoms with E-state index in [2.05, 4.69) is 15.5 Å². The molecule has 0 unspecified atom stereocenters. The van der Waals surface area contributed by atoms with Gasteiger partial charge in [-0.25, -0.2) is 5.43 Å². The van der Waals surface area contributed by atoms with Gasteiger partial charge in [0.15, 0.2) is 0 Å². The average Bonchev–Trinajstić information content (AvgIpc) is 2.43. The van der Waals surface area contributed by atoms with Crippen molar-refractivity contribution in [1.29, 1.82) is 0 Å². The fourth-order valence-electron chi connectivity index (χ4n) is 1.46. The zero-order valence-electron chi connectivity index (χ0n) is 10.2. The maximum Gasteiger partial charge on any atom is 0.244 e. The molecule has 5 nitrogen and oxygen atoms in total. The molecule has 0 aliphatic rings. The summed E-state index contributed by atoms with van der Waals surface area (Å²) >= 11 is 0. The number of hydrazone groups is 1. The Morgan fingerprint density at radius 2 is 2.05 bits per heavy atom. The molecule has 0 spiro atoms. The Kier molecular flexibility index (Phi) is 4.23. The van der Waals surface area contributed by atoms with Gasteiger partial charge in [0.25, 0.3) is 0 Å². The fraction of sp³-hybridized carbons (Fsp3) is 0.0714. The molecule has 0 aliphatic carbocycles. The van der Waals surface area contributed by atoms with E-state index in [0.717, 1.165) is 5.56 Å². The summed E-state index contributed by atoms with van der Waals surface area (Å²) in [6, 6.07) is 11.9. The highest BCUT2D eigenvalue weighted by molar-refractivity contribution is 5.82. The van der Waals surface area contributed by atoms with E-state index in [1.165, 1.54) is 6.21 Å². The van der Waals surface area contributed by atoms with Gasteiger partial charge in [-0.1, -0.05) is 18.2 Å². The van der Waals surface area contributed by atoms with Crippen LogP contribution in [0.2, 0.25) is 0 Å². The molecule has 19 heavy (non-hydrogen) atoms. The van der Waals surface area contributed by atoms with E-state index < -0.39 is 0 Å². The molecule has 2 rings (SSSR count). The van der Waals surface area contributed by atoms with Gasteiger partial charge >= 0.3 is 0 Å². The van der Waals surface area contributed by atoms with Crippen LogP contribution in [0.15, 0.2) is 53.8 Å². The summed E-state index contributed by atoms with van der Waals surface area (Å²) in [4.78, 5) is 15.6. The number of pyridine rings is 1. The molecule has 5 heteroatoms. The van der Waals surface area contributed by atoms with E-state index in [4.69, 9.17) is 5.11 Å². The Morgan fingerprint density at radius 1 is 1.26 bits per heavy atom. The van der Waals surface area contributed by atoms with E-state index in [0.29, 0.717) is 5.69 Å². The van der Waals surface area contributed by atoms with Gasteiger partial charge in [-0.15, -0.1) is 0 Å². The fourth-order valence-corrected chi connectivity index (χ4v) is 1.46. The third kappa shape index (κ3) is 4.23. The molecule has 0 bridgehead atoms. The van der Waals surface area contributed by atoms with Gasteiger partial charge in [0.2, 0.25) is 5.91 Å². The lowest BCUT2D eigenvalue weighted by Gasteiger charge is -2.00. The number of phenols is 1. The van der Waals surface area contributed by atoms with Crippen LogP contribution in [-0.2, 0) is 11.2 Å². The van der Waals surface area contributed by atoms with E-state index in [1.54, 1.807) is 42.6 Å². The molecule has 1 aromatic heterocycles. The van der Waals surface area contributed by atoms with Crippen LogP contribution < -0.4 is 5.43 Å². The number of carbonyl (C=O) groups excluding carboxylic acids is 1. The van der Waals surface area contributed by atoms with Crippen molar-refractivity contribution in [2.45, 2.75) is 6.42 Å². The van der Waals surface area contributed by atoms with Crippen molar-refractivity contribution >= 4 is 12.1 Å². The second-order valence-electron chi connectivity index (χ2n) is 3.89. The van der Waals surface area contributed by atoms with Crippen LogP contribution >= 0.6 is 0 Å². The molecule has 0 saturated heterocycles. The Labute approximate surface area is 110 Å². The number of carbonyl (C=O) groups is 1. The highest BCUT2D eigenvalue weighted by atomic mass is 16.3. The number of hydrogen-bond donors (Lipinski definition) is 2. The molecule has 1 amide bonds. The van der Waals surface area contributed by atoms with Crippen LogP contribution in [0.25, 0.3) is 0 Å². The number of nitrogens with zero attached hydrogens (tertiary/aromatic N) is 2. The second-order valence-corrected chi connectivity index (χ2v) is 3.89. The van der Waals surface area contributed by atoms with Crippen LogP contribution in [0.1, 0.15) is 11.3 Å². The summed E-state index contributed by atoms with van der Waals surface area (Å²) in [6.45, 7) is 0. The highest BCUT2D eigenvalue weighted by Gasteiger charge is 2.01. The number of hydrogen-bond acceptors (Lipinski definition) is 4. The topological polar surface area (TPSA) is 74.6 Å². The Balaban J connectivity index is 1.85. The molecule has 0 atom stereocenters. The molecule has 1 aromatic carbocycles. The molecule has 0 radical (unpaired) electrons. The van der Waals surface area contributed by atoms with E-state index in [9.17, 15) is 4.79 Å². The van der Waals surface area contributed by atoms with Crippen LogP contribution in [-0.4, -0.2) is 22.2 Å². The number of phenolic OH excluding ortho intramolecular Hbond substituents is 1. The smallest absolute Gasteiger partial charge is 0.244 e. The monoisotopic (exact) mass is 255 g/mol. The molecule has 96 valence electrons. The molecule has 0 aliphatic heterocycles. The second kappa shape index (κ2) is 6.30. The number of rotatable bonds is 4. The van der Waals surface area contributed by atoms with Crippen molar-refractivity contribution in [2.24, 2.45) is 5.10 Å². The van der Waals surface area contributed by atoms with Gasteiger partial charge in [0, 0.05) is 6.20 Å². The summed E-state index contributed by atoms with van der Waals surface area (Å²) in [5.41, 5.74) is 3.90. The van der Waals surface area contributed by atoms with Gasteiger partial charge in [0.1, 0.15) is 5.75 Å². The van der Waals surface area contributed by atoms with Crippen molar-refractivity contribution in [3.63, 3.8) is 0 Å². The Morgan fingerprint density at radius 3 is 2.74 bits per heavy atom. The predicted octanol–water partition coefficient (Wildman–Crippen LogP) is 1.48. The normalized spacial score (nSPS) is 10.5. The standard InChI is InChI=1S/C14H13N3O2/c18-13-6-4-11(5-7-13)9-14(19)17-16-10-12-3-1-2-8-15-12/h1-8,10,18H,9H2,(H,17,19)/b16-10-. The van der Waals surface area contributed by atoms with Crippen LogP contribution in [0.5, 0.6) is 5.75 Å². The van der Waals surface area contributed by atoms with Crippen molar-refractivity contribution in [3.05, 3.63) is 59.9 Å². The highest BCUT2D eigenvalue weighted by Crippen LogP contribution is 2.09. The maximum absolute atomic E-state index is 11.6. The van der Waals surface area contributed by atoms with Gasteiger partial charge in [-0.05, 0) is 29.8 Å². The summed E-state index contributed by atoms with van der Waals surface area (Å²) in [5.74, 6) is -0.0461. The van der Waals surface area contributed by atoms with Gasteiger partial charge in [0.05, 0.1) is 18.3 Å². The largest absolute Gasteiger partial charge is 0.508 e. The lowest BCUT2D eigenvalue weighted by molar-refractivity contribution is -0.120. The summed E-state index contributed by atoms with van der Waals surface area (Å²) in [5, 5.41) is 12.9. The summed E-state index contributed by atoms with van der Waals surface area (Å²) in [6.07, 6.45) is 3.34. The number of benzene rings is 1. The molecule has 0 saturated carbocycles. The zero-order valence-corrected chi connectivity index (χ0v) is 10.2. The number of amides is 1. The van der Waals surface area contributed by atoms with E-state index in [-0.39, 0.29) is 18.1 Å². The number of aromatic hydroxyl groups is 1. The van der Waals surface area contributed by atoms with Crippen LogP contribution in [0, 0.1) is 0 Å². The minimum atomic E-state index is -0.224. The SMILES string of the molecule is O=C(Cc1ccc(O)cc1)N/N=C\c1ccccn1. The number of aromatic nitrogens is 1. The van der Waals surface area contributed by atoms with Crippen molar-refractivity contribution in [3.8, 4) is 5.75 Å². The maximum atomic E-state index is 11.6. The third-order valence-electron chi connectivity index (χ3n) is 2.37. The third-order valence-corrected chi connectivity index (χ3v) is 2.37. The Hall–Kier alpha value is -2.69. The molecular formula is C14H13N3O2. The minimum Gasteiger partial charge on any atom is -0.508 e. The first-order chi connectivity index (χ1) is 9.24. The van der Waals surface area contributed by atoms with E-state index >= 15 is 0 Å². The predicted molar refractivity (Wildman–Crippen MR) is 71.8 cm³/mol. The van der Waals surface area contributed by atoms with Crippen molar-refractivity contribution < 1.29 is 9.90 Å². The first-order valence-electron chi connectivity index (χ1n) is 5.75.